The Balaban J connectivity index is 1.97. The minimum Gasteiger partial charge on any atom is -0.488 e. The summed E-state index contributed by atoms with van der Waals surface area (Å²) in [5, 5.41) is 2.46. The van der Waals surface area contributed by atoms with Gasteiger partial charge in [-0.1, -0.05) is 0 Å². The molecular weight excluding hydrogens is 370 g/mol. The number of nitrogens with zero attached hydrogens (tertiary/aromatic N) is 2. The summed E-state index contributed by atoms with van der Waals surface area (Å²) in [6.07, 6.45) is -0.365. The molecule has 2 aromatic heterocycles. The number of aryl methyl sites for hydroxylation is 1. The standard InChI is InChI=1S/C15H16F2N4O4S/c1-8-7-25-13-11(26(23,24)20-8)6-21(2)12(13)15(22)19-9-3-4-18-10(5-9)14(16)17/h3-6,8,14,20H,7H2,1-2H3,(H,18,19,22)/t8-/m0/s1. The summed E-state index contributed by atoms with van der Waals surface area (Å²) < 4.78 is 59.4. The van der Waals surface area contributed by atoms with Gasteiger partial charge in [-0.2, -0.15) is 0 Å². The molecule has 1 amide bonds. The van der Waals surface area contributed by atoms with Crippen molar-refractivity contribution in [2.24, 2.45) is 7.05 Å². The first-order chi connectivity index (χ1) is 12.2. The van der Waals surface area contributed by atoms with Crippen molar-refractivity contribution >= 4 is 21.6 Å². The number of hydrogen-bond donors (Lipinski definition) is 2. The van der Waals surface area contributed by atoms with Gasteiger partial charge in [0.25, 0.3) is 12.3 Å². The van der Waals surface area contributed by atoms with E-state index in [0.717, 1.165) is 12.3 Å². The minimum atomic E-state index is -3.84. The van der Waals surface area contributed by atoms with Gasteiger partial charge < -0.3 is 14.6 Å². The second-order valence-corrected chi connectivity index (χ2v) is 7.52. The summed E-state index contributed by atoms with van der Waals surface area (Å²) in [5.41, 5.74) is -0.404. The molecule has 0 radical (unpaired) electrons. The number of amides is 1. The normalized spacial score (nSPS) is 18.7. The van der Waals surface area contributed by atoms with E-state index in [9.17, 15) is 22.0 Å². The average Bonchev–Trinajstić information content (AvgIpc) is 2.85. The highest BCUT2D eigenvalue weighted by Crippen LogP contribution is 2.32. The molecule has 0 bridgehead atoms. The molecule has 2 aromatic rings. The zero-order chi connectivity index (χ0) is 19.1. The van der Waals surface area contributed by atoms with Crippen LogP contribution in [0.25, 0.3) is 0 Å². The van der Waals surface area contributed by atoms with E-state index >= 15 is 0 Å². The summed E-state index contributed by atoms with van der Waals surface area (Å²) in [7, 11) is -2.35. The van der Waals surface area contributed by atoms with Gasteiger partial charge in [-0.3, -0.25) is 9.78 Å². The van der Waals surface area contributed by atoms with Crippen LogP contribution < -0.4 is 14.8 Å². The van der Waals surface area contributed by atoms with Gasteiger partial charge in [-0.15, -0.1) is 0 Å². The van der Waals surface area contributed by atoms with E-state index in [-0.39, 0.29) is 28.6 Å². The van der Waals surface area contributed by atoms with E-state index < -0.39 is 34.1 Å². The molecule has 8 nitrogen and oxygen atoms in total. The lowest BCUT2D eigenvalue weighted by molar-refractivity contribution is 0.101. The third-order valence-electron chi connectivity index (χ3n) is 3.70. The molecule has 1 aliphatic rings. The number of fused-ring (bicyclic) bond motifs is 1. The third-order valence-corrected chi connectivity index (χ3v) is 5.29. The van der Waals surface area contributed by atoms with Crippen molar-refractivity contribution in [3.63, 3.8) is 0 Å². The fourth-order valence-electron chi connectivity index (χ4n) is 2.58. The highest BCUT2D eigenvalue weighted by molar-refractivity contribution is 7.89. The van der Waals surface area contributed by atoms with Crippen molar-refractivity contribution < 1.29 is 26.7 Å². The lowest BCUT2D eigenvalue weighted by Crippen LogP contribution is -2.34. The van der Waals surface area contributed by atoms with Crippen LogP contribution in [0.1, 0.15) is 29.5 Å². The van der Waals surface area contributed by atoms with Gasteiger partial charge in [-0.25, -0.2) is 21.9 Å². The fraction of sp³-hybridized carbons (Fsp3) is 0.333. The molecule has 26 heavy (non-hydrogen) atoms. The molecule has 0 spiro atoms. The predicted molar refractivity (Wildman–Crippen MR) is 87.8 cm³/mol. The molecule has 0 saturated carbocycles. The van der Waals surface area contributed by atoms with Crippen LogP contribution in [0.4, 0.5) is 14.5 Å². The molecule has 0 aliphatic carbocycles. The maximum atomic E-state index is 12.7. The Hall–Kier alpha value is -2.53. The number of anilines is 1. The Bertz CT molecular complexity index is 959. The van der Waals surface area contributed by atoms with E-state index in [2.05, 4.69) is 15.0 Å². The zero-order valence-electron chi connectivity index (χ0n) is 13.9. The molecule has 0 aromatic carbocycles. The SMILES string of the molecule is C[C@H]1COc2c(cn(C)c2C(=O)Nc2ccnc(C(F)F)c2)S(=O)(=O)N1. The number of ether oxygens (including phenoxy) is 1. The molecule has 3 heterocycles. The van der Waals surface area contributed by atoms with Gasteiger partial charge in [0.05, 0.1) is 6.04 Å². The number of alkyl halides is 2. The van der Waals surface area contributed by atoms with Crippen LogP contribution in [0, 0.1) is 0 Å². The molecule has 0 saturated heterocycles. The highest BCUT2D eigenvalue weighted by atomic mass is 32.2. The summed E-state index contributed by atoms with van der Waals surface area (Å²) >= 11 is 0. The van der Waals surface area contributed by atoms with Gasteiger partial charge in [0.15, 0.2) is 11.4 Å². The maximum Gasteiger partial charge on any atom is 0.280 e. The number of halogens is 2. The van der Waals surface area contributed by atoms with Crippen molar-refractivity contribution in [3.05, 3.63) is 35.9 Å². The Morgan fingerprint density at radius 1 is 1.50 bits per heavy atom. The van der Waals surface area contributed by atoms with Gasteiger partial charge >= 0.3 is 0 Å². The van der Waals surface area contributed by atoms with Crippen molar-refractivity contribution in [3.8, 4) is 5.75 Å². The van der Waals surface area contributed by atoms with E-state index in [1.807, 2.05) is 0 Å². The molecular formula is C15H16F2N4O4S. The number of aromatic nitrogens is 2. The van der Waals surface area contributed by atoms with E-state index in [4.69, 9.17) is 4.74 Å². The van der Waals surface area contributed by atoms with Gasteiger partial charge in [0, 0.05) is 25.1 Å². The van der Waals surface area contributed by atoms with Crippen molar-refractivity contribution in [1.29, 1.82) is 0 Å². The van der Waals surface area contributed by atoms with Crippen molar-refractivity contribution in [2.75, 3.05) is 11.9 Å². The summed E-state index contributed by atoms with van der Waals surface area (Å²) in [6.45, 7) is 1.67. The fourth-order valence-corrected chi connectivity index (χ4v) is 4.00. The van der Waals surface area contributed by atoms with Crippen LogP contribution in [-0.4, -0.2) is 36.5 Å². The molecule has 0 unspecified atom stereocenters. The van der Waals surface area contributed by atoms with E-state index in [0.29, 0.717) is 0 Å². The number of sulfonamides is 1. The van der Waals surface area contributed by atoms with Gasteiger partial charge in [-0.05, 0) is 19.1 Å². The van der Waals surface area contributed by atoms with Crippen molar-refractivity contribution in [2.45, 2.75) is 24.3 Å². The Labute approximate surface area is 148 Å². The van der Waals surface area contributed by atoms with Crippen LogP contribution in [0.2, 0.25) is 0 Å². The van der Waals surface area contributed by atoms with Gasteiger partial charge in [0.1, 0.15) is 17.2 Å². The summed E-state index contributed by atoms with van der Waals surface area (Å²) in [4.78, 5) is 16.0. The highest BCUT2D eigenvalue weighted by Gasteiger charge is 2.33. The number of hydrogen-bond acceptors (Lipinski definition) is 5. The average molecular weight is 386 g/mol. The number of nitrogens with one attached hydrogen (secondary N) is 2. The Morgan fingerprint density at radius 3 is 2.92 bits per heavy atom. The number of pyridine rings is 1. The van der Waals surface area contributed by atoms with Gasteiger partial charge in [0.2, 0.25) is 10.0 Å². The second-order valence-electron chi connectivity index (χ2n) is 5.84. The van der Waals surface area contributed by atoms with Crippen LogP contribution in [-0.2, 0) is 17.1 Å². The number of carbonyl (C=O) groups excluding carboxylic acids is 1. The Kier molecular flexibility index (Phi) is 4.67. The smallest absolute Gasteiger partial charge is 0.280 e. The first kappa shape index (κ1) is 18.3. The Morgan fingerprint density at radius 2 is 2.23 bits per heavy atom. The minimum absolute atomic E-state index is 0.0325. The largest absolute Gasteiger partial charge is 0.488 e. The van der Waals surface area contributed by atoms with Crippen LogP contribution in [0.5, 0.6) is 5.75 Å². The number of carbonyl (C=O) groups is 1. The molecule has 11 heteroatoms. The second kappa shape index (κ2) is 6.65. The summed E-state index contributed by atoms with van der Waals surface area (Å²) in [5.74, 6) is -0.769. The lowest BCUT2D eigenvalue weighted by Gasteiger charge is -2.11. The zero-order valence-corrected chi connectivity index (χ0v) is 14.7. The van der Waals surface area contributed by atoms with Crippen LogP contribution in [0.3, 0.4) is 0 Å². The van der Waals surface area contributed by atoms with Crippen molar-refractivity contribution in [1.82, 2.24) is 14.3 Å². The monoisotopic (exact) mass is 386 g/mol. The van der Waals surface area contributed by atoms with Crippen LogP contribution in [0.15, 0.2) is 29.4 Å². The molecule has 3 rings (SSSR count). The molecule has 1 aliphatic heterocycles. The molecule has 2 N–H and O–H groups in total. The quantitative estimate of drug-likeness (QED) is 0.835. The first-order valence-electron chi connectivity index (χ1n) is 7.59. The molecule has 0 fully saturated rings. The van der Waals surface area contributed by atoms with Crippen LogP contribution >= 0.6 is 0 Å². The topological polar surface area (TPSA) is 102 Å². The van der Waals surface area contributed by atoms with E-state index in [1.165, 1.54) is 23.9 Å². The summed E-state index contributed by atoms with van der Waals surface area (Å²) in [6, 6.07) is 1.93. The molecule has 140 valence electrons. The predicted octanol–water partition coefficient (Wildman–Crippen LogP) is 1.67. The number of rotatable bonds is 3. The third kappa shape index (κ3) is 3.40. The maximum absolute atomic E-state index is 12.7. The van der Waals surface area contributed by atoms with E-state index in [1.54, 1.807) is 6.92 Å². The molecule has 1 atom stereocenters. The first-order valence-corrected chi connectivity index (χ1v) is 9.07. The lowest BCUT2D eigenvalue weighted by atomic mass is 10.3.